The van der Waals surface area contributed by atoms with Crippen LogP contribution in [0.2, 0.25) is 0 Å². The van der Waals surface area contributed by atoms with E-state index in [2.05, 4.69) is 79.7 Å². The molecule has 3 aromatic carbocycles. The van der Waals surface area contributed by atoms with Gasteiger partial charge in [-0.25, -0.2) is 0 Å². The molecule has 0 heterocycles. The molecule has 124 valence electrons. The van der Waals surface area contributed by atoms with Gasteiger partial charge < -0.3 is 0 Å². The van der Waals surface area contributed by atoms with E-state index in [-0.39, 0.29) is 0 Å². The van der Waals surface area contributed by atoms with Crippen molar-refractivity contribution in [1.82, 2.24) is 0 Å². The van der Waals surface area contributed by atoms with E-state index in [0.717, 1.165) is 17.2 Å². The standard InChI is InChI=1S/C23H22OP/c1-19(18-24)20(2)25(21-12-6-3-7-13-21,22-14-8-4-9-15-22)23-16-10-5-11-17-23/h3-18H,1-2H3/q+1. The maximum absolute atomic E-state index is 11.6. The molecule has 0 N–H and O–H groups in total. The van der Waals surface area contributed by atoms with Crippen molar-refractivity contribution in [2.75, 3.05) is 0 Å². The van der Waals surface area contributed by atoms with Gasteiger partial charge in [-0.1, -0.05) is 54.6 Å². The summed E-state index contributed by atoms with van der Waals surface area (Å²) >= 11 is 0. The van der Waals surface area contributed by atoms with Crippen molar-refractivity contribution in [2.24, 2.45) is 0 Å². The van der Waals surface area contributed by atoms with Crippen LogP contribution in [0, 0.1) is 0 Å². The number of hydrogen-bond donors (Lipinski definition) is 0. The molecular formula is C23H22OP+. The van der Waals surface area contributed by atoms with Gasteiger partial charge in [-0.05, 0) is 50.2 Å². The van der Waals surface area contributed by atoms with E-state index in [1.807, 2.05) is 25.1 Å². The van der Waals surface area contributed by atoms with Gasteiger partial charge in [0.2, 0.25) is 0 Å². The summed E-state index contributed by atoms with van der Waals surface area (Å²) in [5.41, 5.74) is 0.810. The average Bonchev–Trinajstić information content (AvgIpc) is 2.70. The number of carbonyl (C=O) groups excluding carboxylic acids is 1. The van der Waals surface area contributed by atoms with Crippen LogP contribution in [-0.4, -0.2) is 6.29 Å². The summed E-state index contributed by atoms with van der Waals surface area (Å²) in [6, 6.07) is 31.8. The molecule has 0 aliphatic carbocycles. The van der Waals surface area contributed by atoms with Crippen molar-refractivity contribution in [2.45, 2.75) is 13.8 Å². The summed E-state index contributed by atoms with van der Waals surface area (Å²) in [6.45, 7) is 4.04. The van der Waals surface area contributed by atoms with Crippen LogP contribution in [0.1, 0.15) is 13.8 Å². The molecule has 0 bridgehead atoms. The number of allylic oxidation sites excluding steroid dienone is 2. The van der Waals surface area contributed by atoms with Gasteiger partial charge in [0.1, 0.15) is 29.5 Å². The van der Waals surface area contributed by atoms with Crippen molar-refractivity contribution < 1.29 is 4.79 Å². The third-order valence-corrected chi connectivity index (χ3v) is 9.26. The second kappa shape index (κ2) is 7.59. The molecule has 0 spiro atoms. The maximum Gasteiger partial charge on any atom is 0.149 e. The third-order valence-electron chi connectivity index (χ3n) is 4.68. The zero-order valence-corrected chi connectivity index (χ0v) is 15.5. The largest absolute Gasteiger partial charge is 0.298 e. The molecule has 3 aromatic rings. The average molecular weight is 345 g/mol. The molecule has 2 heteroatoms. The number of carbonyl (C=O) groups is 1. The first-order chi connectivity index (χ1) is 12.2. The molecule has 25 heavy (non-hydrogen) atoms. The smallest absolute Gasteiger partial charge is 0.149 e. The van der Waals surface area contributed by atoms with E-state index in [4.69, 9.17) is 0 Å². The van der Waals surface area contributed by atoms with Crippen LogP contribution in [0.15, 0.2) is 102 Å². The lowest BCUT2D eigenvalue weighted by Gasteiger charge is -2.28. The van der Waals surface area contributed by atoms with E-state index >= 15 is 0 Å². The summed E-state index contributed by atoms with van der Waals surface area (Å²) in [5.74, 6) is 0. The van der Waals surface area contributed by atoms with Gasteiger partial charge in [0.15, 0.2) is 0 Å². The lowest BCUT2D eigenvalue weighted by atomic mass is 10.3. The van der Waals surface area contributed by atoms with Crippen LogP contribution >= 0.6 is 7.26 Å². The highest BCUT2D eigenvalue weighted by Crippen LogP contribution is 2.62. The van der Waals surface area contributed by atoms with Crippen LogP contribution in [0.25, 0.3) is 0 Å². The Labute approximate surface area is 150 Å². The van der Waals surface area contributed by atoms with Gasteiger partial charge >= 0.3 is 0 Å². The molecule has 0 saturated heterocycles. The molecule has 0 atom stereocenters. The van der Waals surface area contributed by atoms with Gasteiger partial charge in [-0.2, -0.15) is 0 Å². The second-order valence-electron chi connectivity index (χ2n) is 6.06. The molecular weight excluding hydrogens is 323 g/mol. The van der Waals surface area contributed by atoms with Gasteiger partial charge in [-0.3, -0.25) is 4.79 Å². The monoisotopic (exact) mass is 345 g/mol. The highest BCUT2D eigenvalue weighted by Gasteiger charge is 2.48. The Balaban J connectivity index is 2.47. The fraction of sp³-hybridized carbons (Fsp3) is 0.0870. The zero-order chi connectivity index (χ0) is 17.7. The molecule has 0 aliphatic heterocycles. The Kier molecular flexibility index (Phi) is 5.26. The topological polar surface area (TPSA) is 17.1 Å². The fourth-order valence-electron chi connectivity index (χ4n) is 3.33. The zero-order valence-electron chi connectivity index (χ0n) is 14.6. The van der Waals surface area contributed by atoms with Gasteiger partial charge in [0, 0.05) is 5.57 Å². The highest BCUT2D eigenvalue weighted by atomic mass is 31.2. The van der Waals surface area contributed by atoms with E-state index in [1.54, 1.807) is 0 Å². The minimum absolute atomic E-state index is 0.810. The Hall–Kier alpha value is -2.50. The van der Waals surface area contributed by atoms with Crippen LogP contribution in [0.3, 0.4) is 0 Å². The first kappa shape index (κ1) is 17.3. The van der Waals surface area contributed by atoms with Gasteiger partial charge in [0.05, 0.1) is 5.31 Å². The molecule has 0 radical (unpaired) electrons. The summed E-state index contributed by atoms with van der Waals surface area (Å²) < 4.78 is 0. The minimum Gasteiger partial charge on any atom is -0.298 e. The summed E-state index contributed by atoms with van der Waals surface area (Å²) in [5, 5.41) is 4.97. The van der Waals surface area contributed by atoms with Crippen molar-refractivity contribution in [3.05, 3.63) is 102 Å². The SMILES string of the molecule is CC(C=O)=C(C)[P+](c1ccccc1)(c1ccccc1)c1ccccc1. The predicted molar refractivity (Wildman–Crippen MR) is 110 cm³/mol. The molecule has 0 saturated carbocycles. The van der Waals surface area contributed by atoms with E-state index in [9.17, 15) is 4.79 Å². The number of rotatable bonds is 5. The first-order valence-electron chi connectivity index (χ1n) is 8.40. The molecule has 0 amide bonds. The Morgan fingerprint density at radius 1 is 0.640 bits per heavy atom. The summed E-state index contributed by atoms with van der Waals surface area (Å²) in [6.07, 6.45) is 0.985. The first-order valence-corrected chi connectivity index (χ1v) is 10.2. The van der Waals surface area contributed by atoms with Crippen LogP contribution < -0.4 is 15.9 Å². The lowest BCUT2D eigenvalue weighted by molar-refractivity contribution is -0.104. The van der Waals surface area contributed by atoms with E-state index in [0.29, 0.717) is 0 Å². The predicted octanol–water partition coefficient (Wildman–Crippen LogP) is 4.47. The normalized spacial score (nSPS) is 12.4. The number of aldehydes is 1. The highest BCUT2D eigenvalue weighted by molar-refractivity contribution is 7.99. The quantitative estimate of drug-likeness (QED) is 0.379. The third kappa shape index (κ3) is 3.08. The van der Waals surface area contributed by atoms with Crippen LogP contribution in [0.5, 0.6) is 0 Å². The molecule has 0 aromatic heterocycles. The van der Waals surface area contributed by atoms with Crippen molar-refractivity contribution in [3.8, 4) is 0 Å². The van der Waals surface area contributed by atoms with Crippen molar-refractivity contribution in [1.29, 1.82) is 0 Å². The summed E-state index contributed by atoms with van der Waals surface area (Å²) in [4.78, 5) is 11.6. The molecule has 0 fully saturated rings. The van der Waals surface area contributed by atoms with E-state index in [1.165, 1.54) is 15.9 Å². The Bertz CT molecular complexity index is 771. The van der Waals surface area contributed by atoms with Crippen LogP contribution in [0.4, 0.5) is 0 Å². The maximum atomic E-state index is 11.6. The molecule has 3 rings (SSSR count). The van der Waals surface area contributed by atoms with Crippen LogP contribution in [-0.2, 0) is 4.79 Å². The van der Waals surface area contributed by atoms with E-state index < -0.39 is 7.26 Å². The molecule has 0 unspecified atom stereocenters. The van der Waals surface area contributed by atoms with Crippen molar-refractivity contribution >= 4 is 29.5 Å². The number of hydrogen-bond acceptors (Lipinski definition) is 1. The van der Waals surface area contributed by atoms with Crippen molar-refractivity contribution in [3.63, 3.8) is 0 Å². The summed E-state index contributed by atoms with van der Waals surface area (Å²) in [7, 11) is -2.07. The number of benzene rings is 3. The van der Waals surface area contributed by atoms with Gasteiger partial charge in [0.25, 0.3) is 0 Å². The van der Waals surface area contributed by atoms with Gasteiger partial charge in [-0.15, -0.1) is 0 Å². The minimum atomic E-state index is -2.07. The Morgan fingerprint density at radius 3 is 1.24 bits per heavy atom. The lowest BCUT2D eigenvalue weighted by Crippen LogP contribution is -2.32. The molecule has 0 aliphatic rings. The Morgan fingerprint density at radius 2 is 0.960 bits per heavy atom. The second-order valence-corrected chi connectivity index (χ2v) is 9.63. The molecule has 1 nitrogen and oxygen atoms in total. The fourth-order valence-corrected chi connectivity index (χ4v) is 7.83.